The summed E-state index contributed by atoms with van der Waals surface area (Å²) < 4.78 is 5.09. The molecule has 1 aromatic carbocycles. The van der Waals surface area contributed by atoms with Gasteiger partial charge in [0.05, 0.1) is 7.11 Å². The summed E-state index contributed by atoms with van der Waals surface area (Å²) in [5, 5.41) is 12.5. The van der Waals surface area contributed by atoms with Crippen LogP contribution in [0.5, 0.6) is 11.5 Å². The maximum absolute atomic E-state index is 12.0. The zero-order chi connectivity index (χ0) is 22.0. The number of carbonyl (C=O) groups is 1. The Morgan fingerprint density at radius 2 is 1.50 bits per heavy atom. The Balaban J connectivity index is 1.98. The smallest absolute Gasteiger partial charge is 0.220 e. The number of nitrogens with one attached hydrogen (secondary N) is 1. The molecule has 4 heteroatoms. The molecule has 1 rings (SSSR count). The van der Waals surface area contributed by atoms with Crippen LogP contribution >= 0.6 is 0 Å². The Bertz CT molecular complexity index is 612. The fourth-order valence-electron chi connectivity index (χ4n) is 3.59. The van der Waals surface area contributed by atoms with Crippen LogP contribution in [0.4, 0.5) is 0 Å². The Labute approximate surface area is 184 Å². The van der Waals surface area contributed by atoms with Crippen molar-refractivity contribution in [3.8, 4) is 11.5 Å². The second-order valence-electron chi connectivity index (χ2n) is 8.32. The van der Waals surface area contributed by atoms with Gasteiger partial charge in [0.15, 0.2) is 11.5 Å². The minimum Gasteiger partial charge on any atom is -0.504 e. The highest BCUT2D eigenvalue weighted by atomic mass is 16.5. The van der Waals surface area contributed by atoms with Crippen molar-refractivity contribution >= 4 is 5.91 Å². The van der Waals surface area contributed by atoms with Crippen LogP contribution < -0.4 is 10.1 Å². The SMILES string of the molecule is C=C(CCCCCCCCC)CCCCCCC(=O)NCc1ccc(O)c(OC)c1. The van der Waals surface area contributed by atoms with Crippen molar-refractivity contribution in [2.24, 2.45) is 0 Å². The lowest BCUT2D eigenvalue weighted by Gasteiger charge is -2.08. The van der Waals surface area contributed by atoms with Gasteiger partial charge in [0.1, 0.15) is 0 Å². The number of amides is 1. The molecule has 0 fully saturated rings. The van der Waals surface area contributed by atoms with E-state index in [1.807, 2.05) is 0 Å². The van der Waals surface area contributed by atoms with E-state index in [0.717, 1.165) is 24.8 Å². The molecule has 0 aliphatic heterocycles. The molecule has 0 atom stereocenters. The molecule has 30 heavy (non-hydrogen) atoms. The number of carbonyl (C=O) groups excluding carboxylic acids is 1. The van der Waals surface area contributed by atoms with E-state index in [1.165, 1.54) is 76.9 Å². The first-order chi connectivity index (χ1) is 14.6. The predicted molar refractivity (Wildman–Crippen MR) is 126 cm³/mol. The topological polar surface area (TPSA) is 58.6 Å². The second kappa shape index (κ2) is 16.8. The molecule has 0 aliphatic carbocycles. The number of aromatic hydroxyl groups is 1. The van der Waals surface area contributed by atoms with Crippen molar-refractivity contribution in [1.82, 2.24) is 5.32 Å². The van der Waals surface area contributed by atoms with Gasteiger partial charge in [-0.1, -0.05) is 76.5 Å². The zero-order valence-electron chi connectivity index (χ0n) is 19.3. The Morgan fingerprint density at radius 1 is 0.933 bits per heavy atom. The van der Waals surface area contributed by atoms with Crippen LogP contribution in [0.3, 0.4) is 0 Å². The van der Waals surface area contributed by atoms with Gasteiger partial charge in [0.2, 0.25) is 5.91 Å². The van der Waals surface area contributed by atoms with Crippen molar-refractivity contribution in [2.45, 2.75) is 103 Å². The Hall–Kier alpha value is -1.97. The number of allylic oxidation sites excluding steroid dienone is 1. The molecule has 1 aromatic rings. The first-order valence-corrected chi connectivity index (χ1v) is 11.9. The number of rotatable bonds is 18. The van der Waals surface area contributed by atoms with Gasteiger partial charge < -0.3 is 15.2 Å². The summed E-state index contributed by atoms with van der Waals surface area (Å²) >= 11 is 0. The third kappa shape index (κ3) is 12.6. The van der Waals surface area contributed by atoms with Crippen LogP contribution in [0.1, 0.15) is 102 Å². The summed E-state index contributed by atoms with van der Waals surface area (Å²) in [6, 6.07) is 5.12. The van der Waals surface area contributed by atoms with Crippen molar-refractivity contribution in [2.75, 3.05) is 7.11 Å². The number of phenolic OH excluding ortho intramolecular Hbond substituents is 1. The highest BCUT2D eigenvalue weighted by Crippen LogP contribution is 2.26. The average molecular weight is 418 g/mol. The normalized spacial score (nSPS) is 10.7. The van der Waals surface area contributed by atoms with E-state index in [2.05, 4.69) is 18.8 Å². The number of unbranched alkanes of at least 4 members (excludes halogenated alkanes) is 9. The van der Waals surface area contributed by atoms with E-state index in [9.17, 15) is 9.90 Å². The molecule has 4 nitrogen and oxygen atoms in total. The first-order valence-electron chi connectivity index (χ1n) is 11.9. The molecule has 1 amide bonds. The molecule has 0 saturated carbocycles. The summed E-state index contributed by atoms with van der Waals surface area (Å²) in [5.74, 6) is 0.610. The molecular weight excluding hydrogens is 374 g/mol. The van der Waals surface area contributed by atoms with Crippen molar-refractivity contribution in [3.63, 3.8) is 0 Å². The molecular formula is C26H43NO3. The highest BCUT2D eigenvalue weighted by Gasteiger charge is 2.05. The quantitative estimate of drug-likeness (QED) is 0.199. The monoisotopic (exact) mass is 417 g/mol. The van der Waals surface area contributed by atoms with Gasteiger partial charge in [0.25, 0.3) is 0 Å². The lowest BCUT2D eigenvalue weighted by atomic mass is 10.0. The molecule has 0 spiro atoms. The largest absolute Gasteiger partial charge is 0.504 e. The summed E-state index contributed by atoms with van der Waals surface area (Å²) in [6.07, 6.45) is 16.7. The number of hydrogen-bond donors (Lipinski definition) is 2. The van der Waals surface area contributed by atoms with Gasteiger partial charge >= 0.3 is 0 Å². The summed E-state index contributed by atoms with van der Waals surface area (Å²) in [6.45, 7) is 6.94. The van der Waals surface area contributed by atoms with E-state index >= 15 is 0 Å². The minimum atomic E-state index is 0.0744. The van der Waals surface area contributed by atoms with Crippen LogP contribution in [0.2, 0.25) is 0 Å². The number of ether oxygens (including phenoxy) is 1. The maximum Gasteiger partial charge on any atom is 0.220 e. The molecule has 0 heterocycles. The van der Waals surface area contributed by atoms with Gasteiger partial charge in [-0.3, -0.25) is 4.79 Å². The van der Waals surface area contributed by atoms with Gasteiger partial charge in [-0.15, -0.1) is 0 Å². The Kier molecular flexibility index (Phi) is 14.6. The summed E-state index contributed by atoms with van der Waals surface area (Å²) in [5.41, 5.74) is 2.31. The highest BCUT2D eigenvalue weighted by molar-refractivity contribution is 5.75. The number of phenols is 1. The number of benzene rings is 1. The Morgan fingerprint density at radius 3 is 2.10 bits per heavy atom. The van der Waals surface area contributed by atoms with Gasteiger partial charge in [-0.05, 0) is 49.8 Å². The lowest BCUT2D eigenvalue weighted by Crippen LogP contribution is -2.22. The third-order valence-corrected chi connectivity index (χ3v) is 5.55. The third-order valence-electron chi connectivity index (χ3n) is 5.55. The van der Waals surface area contributed by atoms with Crippen LogP contribution in [0, 0.1) is 0 Å². The van der Waals surface area contributed by atoms with E-state index in [-0.39, 0.29) is 11.7 Å². The first kappa shape index (κ1) is 26.1. The van der Waals surface area contributed by atoms with Gasteiger partial charge in [0, 0.05) is 13.0 Å². The molecule has 0 aliphatic rings. The molecule has 170 valence electrons. The lowest BCUT2D eigenvalue weighted by molar-refractivity contribution is -0.121. The van der Waals surface area contributed by atoms with Crippen LogP contribution in [0.15, 0.2) is 30.4 Å². The van der Waals surface area contributed by atoms with Crippen molar-refractivity contribution in [3.05, 3.63) is 35.9 Å². The van der Waals surface area contributed by atoms with E-state index in [4.69, 9.17) is 4.74 Å². The molecule has 0 saturated heterocycles. The maximum atomic E-state index is 12.0. The average Bonchev–Trinajstić information content (AvgIpc) is 2.74. The van der Waals surface area contributed by atoms with Crippen molar-refractivity contribution < 1.29 is 14.6 Å². The standard InChI is InChI=1S/C26H43NO3/c1-4-5-6-7-8-9-12-15-22(2)16-13-10-11-14-17-26(29)27-21-23-18-19-24(28)25(20-23)30-3/h18-20,28H,2,4-17,21H2,1,3H3,(H,27,29). The predicted octanol–water partition coefficient (Wildman–Crippen LogP) is 7.05. The minimum absolute atomic E-state index is 0.0744. The van der Waals surface area contributed by atoms with Crippen molar-refractivity contribution in [1.29, 1.82) is 0 Å². The van der Waals surface area contributed by atoms with Crippen LogP contribution in [-0.4, -0.2) is 18.1 Å². The fraction of sp³-hybridized carbons (Fsp3) is 0.654. The van der Waals surface area contributed by atoms with Crippen LogP contribution in [-0.2, 0) is 11.3 Å². The molecule has 2 N–H and O–H groups in total. The second-order valence-corrected chi connectivity index (χ2v) is 8.32. The van der Waals surface area contributed by atoms with E-state index in [0.29, 0.717) is 18.7 Å². The fourth-order valence-corrected chi connectivity index (χ4v) is 3.59. The molecule has 0 radical (unpaired) electrons. The van der Waals surface area contributed by atoms with Crippen LogP contribution in [0.25, 0.3) is 0 Å². The number of hydrogen-bond acceptors (Lipinski definition) is 3. The number of methoxy groups -OCH3 is 1. The summed E-state index contributed by atoms with van der Waals surface area (Å²) in [7, 11) is 1.52. The van der Waals surface area contributed by atoms with E-state index in [1.54, 1.807) is 18.2 Å². The van der Waals surface area contributed by atoms with Gasteiger partial charge in [-0.25, -0.2) is 0 Å². The van der Waals surface area contributed by atoms with E-state index < -0.39 is 0 Å². The molecule has 0 unspecified atom stereocenters. The summed E-state index contributed by atoms with van der Waals surface area (Å²) in [4.78, 5) is 12.0. The molecule has 0 bridgehead atoms. The van der Waals surface area contributed by atoms with Gasteiger partial charge in [-0.2, -0.15) is 0 Å². The molecule has 0 aromatic heterocycles. The zero-order valence-corrected chi connectivity index (χ0v) is 19.3.